The summed E-state index contributed by atoms with van der Waals surface area (Å²) >= 11 is 0. The van der Waals surface area contributed by atoms with Gasteiger partial charge in [-0.3, -0.25) is 4.79 Å². The lowest BCUT2D eigenvalue weighted by molar-refractivity contribution is -0.134. The molecule has 1 nitrogen and oxygen atoms in total. The third-order valence-electron chi connectivity index (χ3n) is 5.75. The largest absolute Gasteiger partial charge is 0.299 e. The molecule has 2 fully saturated rings. The molecule has 0 aliphatic heterocycles. The topological polar surface area (TPSA) is 17.1 Å². The highest BCUT2D eigenvalue weighted by Crippen LogP contribution is 2.53. The van der Waals surface area contributed by atoms with Crippen LogP contribution in [0.4, 0.5) is 0 Å². The predicted octanol–water partition coefficient (Wildman–Crippen LogP) is 4.45. The van der Waals surface area contributed by atoms with Crippen LogP contribution in [0.1, 0.15) is 66.7 Å². The first-order chi connectivity index (χ1) is 7.76. The van der Waals surface area contributed by atoms with Gasteiger partial charge in [0, 0.05) is 12.3 Å². The van der Waals surface area contributed by atoms with E-state index >= 15 is 0 Å². The fourth-order valence-electron chi connectivity index (χ4n) is 3.74. The summed E-state index contributed by atoms with van der Waals surface area (Å²) in [6.07, 6.45) is 5.87. The van der Waals surface area contributed by atoms with E-state index < -0.39 is 0 Å². The van der Waals surface area contributed by atoms with Gasteiger partial charge in [0.1, 0.15) is 5.78 Å². The minimum absolute atomic E-state index is 0.194. The highest BCUT2D eigenvalue weighted by atomic mass is 16.1. The smallest absolute Gasteiger partial charge is 0.137 e. The Morgan fingerprint density at radius 2 is 1.71 bits per heavy atom. The van der Waals surface area contributed by atoms with Crippen LogP contribution < -0.4 is 0 Å². The summed E-state index contributed by atoms with van der Waals surface area (Å²) in [5, 5.41) is 0. The van der Waals surface area contributed by atoms with Crippen LogP contribution in [0.15, 0.2) is 0 Å². The van der Waals surface area contributed by atoms with Crippen molar-refractivity contribution >= 4 is 5.78 Å². The number of hydrogen-bond donors (Lipinski definition) is 0. The van der Waals surface area contributed by atoms with E-state index in [1.807, 2.05) is 0 Å². The number of carbonyl (C=O) groups excluding carboxylic acids is 1. The van der Waals surface area contributed by atoms with E-state index in [1.54, 1.807) is 0 Å². The molecule has 2 aliphatic rings. The van der Waals surface area contributed by atoms with Crippen molar-refractivity contribution in [1.29, 1.82) is 0 Å². The predicted molar refractivity (Wildman–Crippen MR) is 71.8 cm³/mol. The third kappa shape index (κ3) is 2.44. The zero-order valence-electron chi connectivity index (χ0n) is 12.2. The van der Waals surface area contributed by atoms with E-state index in [1.165, 1.54) is 25.7 Å². The first-order valence-corrected chi connectivity index (χ1v) is 7.29. The van der Waals surface area contributed by atoms with Gasteiger partial charge in [0.25, 0.3) is 0 Å². The minimum atomic E-state index is 0.194. The van der Waals surface area contributed by atoms with E-state index in [0.717, 1.165) is 6.42 Å². The number of ketones is 1. The van der Waals surface area contributed by atoms with Crippen LogP contribution in [0, 0.1) is 28.6 Å². The van der Waals surface area contributed by atoms with Crippen molar-refractivity contribution in [3.63, 3.8) is 0 Å². The summed E-state index contributed by atoms with van der Waals surface area (Å²) in [6, 6.07) is 0. The number of Topliss-reactive ketones (excluding diaryl/α,β-unsaturated/α-hetero) is 1. The molecule has 0 aromatic rings. The van der Waals surface area contributed by atoms with Gasteiger partial charge in [-0.15, -0.1) is 0 Å². The van der Waals surface area contributed by atoms with Crippen LogP contribution in [0.2, 0.25) is 0 Å². The van der Waals surface area contributed by atoms with Crippen molar-refractivity contribution in [3.05, 3.63) is 0 Å². The third-order valence-corrected chi connectivity index (χ3v) is 5.75. The Hall–Kier alpha value is -0.330. The first-order valence-electron chi connectivity index (χ1n) is 7.29. The molecule has 3 unspecified atom stereocenters. The van der Waals surface area contributed by atoms with Crippen LogP contribution in [0.5, 0.6) is 0 Å². The van der Waals surface area contributed by atoms with Crippen LogP contribution >= 0.6 is 0 Å². The molecule has 0 amide bonds. The molecule has 0 heterocycles. The van der Waals surface area contributed by atoms with Crippen molar-refractivity contribution < 1.29 is 4.79 Å². The lowest BCUT2D eigenvalue weighted by atomic mass is 9.57. The highest BCUT2D eigenvalue weighted by Gasteiger charge is 2.48. The Bertz CT molecular complexity index is 311. The summed E-state index contributed by atoms with van der Waals surface area (Å²) in [4.78, 5) is 12.6. The van der Waals surface area contributed by atoms with Gasteiger partial charge in [-0.2, -0.15) is 0 Å². The maximum absolute atomic E-state index is 12.6. The van der Waals surface area contributed by atoms with Crippen molar-refractivity contribution in [3.8, 4) is 0 Å². The molecule has 0 aromatic heterocycles. The quantitative estimate of drug-likeness (QED) is 0.707. The van der Waals surface area contributed by atoms with Gasteiger partial charge in [-0.25, -0.2) is 0 Å². The lowest BCUT2D eigenvalue weighted by Crippen LogP contribution is -2.44. The average Bonchev–Trinajstić information content (AvgIpc) is 2.90. The summed E-state index contributed by atoms with van der Waals surface area (Å²) in [5.41, 5.74) is 0.563. The first kappa shape index (κ1) is 13.1. The molecule has 17 heavy (non-hydrogen) atoms. The molecule has 2 saturated carbocycles. The standard InChI is InChI=1S/C16H28O/c1-11-6-7-12(2)15(3,4)14(11)13(17)10-16(5)8-9-16/h11-12,14H,6-10H2,1-5H3. The fraction of sp³-hybridized carbons (Fsp3) is 0.938. The number of rotatable bonds is 3. The van der Waals surface area contributed by atoms with Crippen molar-refractivity contribution in [2.75, 3.05) is 0 Å². The Morgan fingerprint density at radius 3 is 2.24 bits per heavy atom. The van der Waals surface area contributed by atoms with Crippen LogP contribution in [0.3, 0.4) is 0 Å². The second kappa shape index (κ2) is 4.10. The van der Waals surface area contributed by atoms with E-state index in [2.05, 4.69) is 34.6 Å². The van der Waals surface area contributed by atoms with Crippen molar-refractivity contribution in [2.45, 2.75) is 66.7 Å². The maximum atomic E-state index is 12.6. The Morgan fingerprint density at radius 1 is 1.12 bits per heavy atom. The highest BCUT2D eigenvalue weighted by molar-refractivity contribution is 5.83. The number of hydrogen-bond acceptors (Lipinski definition) is 1. The van der Waals surface area contributed by atoms with Gasteiger partial charge in [-0.1, -0.05) is 34.6 Å². The van der Waals surface area contributed by atoms with E-state index in [-0.39, 0.29) is 5.41 Å². The Labute approximate surface area is 106 Å². The fourth-order valence-corrected chi connectivity index (χ4v) is 3.74. The normalized spacial score (nSPS) is 38.8. The Balaban J connectivity index is 2.12. The molecule has 0 aromatic carbocycles. The molecule has 0 bridgehead atoms. The summed E-state index contributed by atoms with van der Waals surface area (Å²) in [7, 11) is 0. The molecule has 0 N–H and O–H groups in total. The lowest BCUT2D eigenvalue weighted by Gasteiger charge is -2.46. The summed E-state index contributed by atoms with van der Waals surface area (Å²) < 4.78 is 0. The number of carbonyl (C=O) groups is 1. The van der Waals surface area contributed by atoms with Gasteiger partial charge in [0.05, 0.1) is 0 Å². The second-order valence-corrected chi connectivity index (χ2v) is 7.71. The molecule has 98 valence electrons. The molecule has 2 rings (SSSR count). The van der Waals surface area contributed by atoms with Gasteiger partial charge in [-0.05, 0) is 48.3 Å². The van der Waals surface area contributed by atoms with Crippen molar-refractivity contribution in [1.82, 2.24) is 0 Å². The minimum Gasteiger partial charge on any atom is -0.299 e. The molecule has 3 atom stereocenters. The van der Waals surface area contributed by atoms with E-state index in [4.69, 9.17) is 0 Å². The van der Waals surface area contributed by atoms with Gasteiger partial charge in [0.15, 0.2) is 0 Å². The average molecular weight is 236 g/mol. The summed E-state index contributed by atoms with van der Waals surface area (Å²) in [6.45, 7) is 11.5. The molecule has 0 saturated heterocycles. The van der Waals surface area contributed by atoms with Gasteiger partial charge >= 0.3 is 0 Å². The monoisotopic (exact) mass is 236 g/mol. The van der Waals surface area contributed by atoms with E-state index in [9.17, 15) is 4.79 Å². The maximum Gasteiger partial charge on any atom is 0.137 e. The van der Waals surface area contributed by atoms with E-state index in [0.29, 0.717) is 29.0 Å². The van der Waals surface area contributed by atoms with Gasteiger partial charge < -0.3 is 0 Å². The molecule has 0 spiro atoms. The van der Waals surface area contributed by atoms with Crippen LogP contribution in [-0.4, -0.2) is 5.78 Å². The van der Waals surface area contributed by atoms with Gasteiger partial charge in [0.2, 0.25) is 0 Å². The van der Waals surface area contributed by atoms with Crippen LogP contribution in [0.25, 0.3) is 0 Å². The molecule has 2 aliphatic carbocycles. The molecular weight excluding hydrogens is 208 g/mol. The summed E-state index contributed by atoms with van der Waals surface area (Å²) in [5.74, 6) is 2.11. The SMILES string of the molecule is CC1CCC(C)C(C)(C)C1C(=O)CC1(C)CC1. The molecule has 1 heteroatoms. The van der Waals surface area contributed by atoms with Crippen LogP contribution in [-0.2, 0) is 4.79 Å². The zero-order chi connectivity index (χ0) is 12.8. The second-order valence-electron chi connectivity index (χ2n) is 7.71. The van der Waals surface area contributed by atoms with Crippen molar-refractivity contribution in [2.24, 2.45) is 28.6 Å². The molecular formula is C16H28O. The molecule has 0 radical (unpaired) electrons. The zero-order valence-corrected chi connectivity index (χ0v) is 12.2. The Kier molecular flexibility index (Phi) is 3.16.